The molecule has 0 radical (unpaired) electrons. The van der Waals surface area contributed by atoms with Gasteiger partial charge in [0, 0.05) is 6.08 Å². The summed E-state index contributed by atoms with van der Waals surface area (Å²) in [5.74, 6) is -20.6. The molecule has 264 valence electrons. The molecule has 0 aliphatic rings. The van der Waals surface area contributed by atoms with Crippen molar-refractivity contribution in [2.75, 3.05) is 59.5 Å². The minimum Gasteiger partial charge on any atom is -0.463 e. The lowest BCUT2D eigenvalue weighted by Crippen LogP contribution is -2.41. The Bertz CT molecular complexity index is 990. The molecule has 0 saturated carbocycles. The molecule has 0 aliphatic carbocycles. The number of carbonyl (C=O) groups excluding carboxylic acids is 3. The zero-order chi connectivity index (χ0) is 35.3. The first-order valence-corrected chi connectivity index (χ1v) is 11.5. The van der Waals surface area contributed by atoms with Crippen LogP contribution < -0.4 is 0 Å². The highest BCUT2D eigenvalue weighted by molar-refractivity contribution is 5.99. The predicted octanol–water partition coefficient (Wildman–Crippen LogP) is 4.58. The molecule has 0 aromatic heterocycles. The van der Waals surface area contributed by atoms with Gasteiger partial charge in [-0.25, -0.2) is 9.59 Å². The number of hydrogen-bond donors (Lipinski definition) is 0. The van der Waals surface area contributed by atoms with Crippen LogP contribution in [0.25, 0.3) is 0 Å². The number of ether oxygens (including phenoxy) is 6. The summed E-state index contributed by atoms with van der Waals surface area (Å²) in [4.78, 5) is 36.0. The maximum absolute atomic E-state index is 12.8. The fourth-order valence-corrected chi connectivity index (χ4v) is 2.12. The van der Waals surface area contributed by atoms with Gasteiger partial charge in [-0.3, -0.25) is 4.79 Å². The second kappa shape index (κ2) is 17.1. The minimum atomic E-state index is -5.98. The topological polar surface area (TPSA) is 107 Å². The fraction of sp³-hybridized carbons (Fsp3) is 0.762. The van der Waals surface area contributed by atoms with E-state index in [2.05, 4.69) is 28.4 Å². The van der Waals surface area contributed by atoms with Gasteiger partial charge in [-0.2, -0.15) is 65.9 Å². The lowest BCUT2D eigenvalue weighted by Gasteiger charge is -2.19. The van der Waals surface area contributed by atoms with Gasteiger partial charge in [-0.15, -0.1) is 0 Å². The van der Waals surface area contributed by atoms with Crippen molar-refractivity contribution in [3.05, 3.63) is 11.6 Å². The van der Waals surface area contributed by atoms with E-state index in [1.54, 1.807) is 0 Å². The quantitative estimate of drug-likeness (QED) is 0.0630. The molecule has 0 saturated heterocycles. The second-order valence-electron chi connectivity index (χ2n) is 8.13. The Kier molecular flexibility index (Phi) is 15.9. The van der Waals surface area contributed by atoms with E-state index in [9.17, 15) is 80.2 Å². The highest BCUT2D eigenvalue weighted by Crippen LogP contribution is 2.37. The van der Waals surface area contributed by atoms with Crippen LogP contribution in [0.5, 0.6) is 0 Å². The largest absolute Gasteiger partial charge is 0.463 e. The molecule has 0 bridgehead atoms. The molecule has 0 heterocycles. The van der Waals surface area contributed by atoms with Crippen molar-refractivity contribution in [2.45, 2.75) is 42.7 Å². The maximum Gasteiger partial charge on any atom is 0.455 e. The van der Waals surface area contributed by atoms with Crippen LogP contribution in [0.15, 0.2) is 11.6 Å². The van der Waals surface area contributed by atoms with Crippen molar-refractivity contribution in [1.82, 2.24) is 0 Å². The van der Waals surface area contributed by atoms with Crippen molar-refractivity contribution in [2.24, 2.45) is 0 Å². The predicted molar refractivity (Wildman–Crippen MR) is 111 cm³/mol. The molecule has 45 heavy (non-hydrogen) atoms. The molecule has 0 unspecified atom stereocenters. The number of rotatable bonds is 19. The molecule has 0 atom stereocenters. The van der Waals surface area contributed by atoms with Crippen LogP contribution in [0, 0.1) is 0 Å². The first-order chi connectivity index (χ1) is 20.2. The molecule has 0 fully saturated rings. The molecule has 9 nitrogen and oxygen atoms in total. The Balaban J connectivity index is 5.11. The van der Waals surface area contributed by atoms with Gasteiger partial charge in [-0.1, -0.05) is 0 Å². The van der Waals surface area contributed by atoms with Crippen LogP contribution in [-0.2, 0) is 42.8 Å². The third kappa shape index (κ3) is 15.7. The Morgan fingerprint density at radius 1 is 0.467 bits per heavy atom. The maximum atomic E-state index is 12.8. The zero-order valence-electron chi connectivity index (χ0n) is 22.0. The third-order valence-electron chi connectivity index (χ3n) is 4.41. The van der Waals surface area contributed by atoms with Crippen molar-refractivity contribution in [3.8, 4) is 0 Å². The fourth-order valence-electron chi connectivity index (χ4n) is 2.12. The van der Waals surface area contributed by atoms with Gasteiger partial charge >= 0.3 is 54.2 Å². The third-order valence-corrected chi connectivity index (χ3v) is 4.41. The van der Waals surface area contributed by atoms with E-state index in [1.165, 1.54) is 0 Å². The minimum absolute atomic E-state index is 0.160. The standard InChI is InChI=1S/C21H21F15O9/c22-16(23,19(28,29)30)9-40-1-4-43-13(37)7-12(15(39)45-6-3-42-11-18(26,27)21(34,35)36)8-14(38)44-5-2-41-10-17(24,25)20(31,32)33/h7H,1-6,8-11H2/b12-7-. The number of alkyl halides is 15. The number of halogens is 15. The molecule has 0 spiro atoms. The first-order valence-electron chi connectivity index (χ1n) is 11.5. The SMILES string of the molecule is O=C(/C=C(/CC(=O)OCCOCC(F)(F)C(F)(F)F)C(=O)OCCOCC(F)(F)C(F)(F)F)OCCOCC(F)(F)C(F)(F)F. The second-order valence-corrected chi connectivity index (χ2v) is 8.13. The normalized spacial score (nSPS) is 13.9. The molecular formula is C21H21F15O9. The molecule has 0 aromatic carbocycles. The summed E-state index contributed by atoms with van der Waals surface area (Å²) in [6, 6.07) is 0. The Hall–Kier alpha value is -3.02. The van der Waals surface area contributed by atoms with Crippen LogP contribution in [0.1, 0.15) is 6.42 Å². The molecular weight excluding hydrogens is 681 g/mol. The average Bonchev–Trinajstić information content (AvgIpc) is 2.85. The molecule has 24 heteroatoms. The van der Waals surface area contributed by atoms with Crippen LogP contribution in [0.3, 0.4) is 0 Å². The van der Waals surface area contributed by atoms with Gasteiger partial charge in [0.25, 0.3) is 0 Å². The van der Waals surface area contributed by atoms with Crippen LogP contribution in [-0.4, -0.2) is 114 Å². The van der Waals surface area contributed by atoms with E-state index in [1.807, 2.05) is 0 Å². The average molecular weight is 702 g/mol. The van der Waals surface area contributed by atoms with E-state index in [0.29, 0.717) is 0 Å². The Morgan fingerprint density at radius 3 is 1.16 bits per heavy atom. The van der Waals surface area contributed by atoms with Gasteiger partial charge in [0.1, 0.15) is 39.6 Å². The molecule has 0 N–H and O–H groups in total. The van der Waals surface area contributed by atoms with Crippen molar-refractivity contribution in [1.29, 1.82) is 0 Å². The van der Waals surface area contributed by atoms with Gasteiger partial charge in [0.2, 0.25) is 0 Å². The van der Waals surface area contributed by atoms with Crippen molar-refractivity contribution >= 4 is 17.9 Å². The zero-order valence-corrected chi connectivity index (χ0v) is 22.0. The summed E-state index contributed by atoms with van der Waals surface area (Å²) >= 11 is 0. The Morgan fingerprint density at radius 2 is 0.800 bits per heavy atom. The lowest BCUT2D eigenvalue weighted by atomic mass is 10.2. The summed E-state index contributed by atoms with van der Waals surface area (Å²) in [6.45, 7) is -12.7. The highest BCUT2D eigenvalue weighted by Gasteiger charge is 2.59. The summed E-state index contributed by atoms with van der Waals surface area (Å²) in [5.41, 5.74) is -1.03. The molecule has 0 rings (SSSR count). The summed E-state index contributed by atoms with van der Waals surface area (Å²) in [6.07, 6.45) is -19.0. The molecule has 0 aliphatic heterocycles. The van der Waals surface area contributed by atoms with Crippen LogP contribution in [0.4, 0.5) is 65.9 Å². The summed E-state index contributed by atoms with van der Waals surface area (Å²) < 4.78 is 211. The molecule has 0 aromatic rings. The summed E-state index contributed by atoms with van der Waals surface area (Å²) in [7, 11) is 0. The lowest BCUT2D eigenvalue weighted by molar-refractivity contribution is -0.297. The van der Waals surface area contributed by atoms with Crippen LogP contribution >= 0.6 is 0 Å². The smallest absolute Gasteiger partial charge is 0.455 e. The highest BCUT2D eigenvalue weighted by atomic mass is 19.4. The summed E-state index contributed by atoms with van der Waals surface area (Å²) in [5, 5.41) is 0. The van der Waals surface area contributed by atoms with Gasteiger partial charge in [0.15, 0.2) is 0 Å². The van der Waals surface area contributed by atoms with E-state index < -0.39 is 126 Å². The number of carbonyl (C=O) groups is 3. The van der Waals surface area contributed by atoms with Crippen molar-refractivity contribution < 1.29 is 109 Å². The van der Waals surface area contributed by atoms with E-state index in [-0.39, 0.29) is 6.08 Å². The van der Waals surface area contributed by atoms with Gasteiger partial charge < -0.3 is 28.4 Å². The van der Waals surface area contributed by atoms with E-state index in [0.717, 1.165) is 0 Å². The monoisotopic (exact) mass is 702 g/mol. The molecule has 0 amide bonds. The Labute approximate surface area is 241 Å². The van der Waals surface area contributed by atoms with Crippen LogP contribution in [0.2, 0.25) is 0 Å². The van der Waals surface area contributed by atoms with E-state index >= 15 is 0 Å². The van der Waals surface area contributed by atoms with Gasteiger partial charge in [0.05, 0.1) is 31.8 Å². The van der Waals surface area contributed by atoms with Gasteiger partial charge in [-0.05, 0) is 0 Å². The first kappa shape index (κ1) is 42.0. The van der Waals surface area contributed by atoms with Crippen molar-refractivity contribution in [3.63, 3.8) is 0 Å². The van der Waals surface area contributed by atoms with E-state index in [4.69, 9.17) is 0 Å². The number of esters is 3. The number of hydrogen-bond acceptors (Lipinski definition) is 9.